The van der Waals surface area contributed by atoms with E-state index in [0.29, 0.717) is 5.92 Å². The maximum absolute atomic E-state index is 4.83. The summed E-state index contributed by atoms with van der Waals surface area (Å²) >= 11 is 9.66. The molecule has 0 heterocycles. The van der Waals surface area contributed by atoms with Crippen molar-refractivity contribution in [2.75, 3.05) is 0 Å². The minimum Gasteiger partial charge on any atom is -0.433 e. The number of hydrogen-bond donors (Lipinski definition) is 0. The van der Waals surface area contributed by atoms with Gasteiger partial charge in [0.2, 0.25) is 0 Å². The largest absolute Gasteiger partial charge is 1.00 e. The van der Waals surface area contributed by atoms with Crippen LogP contribution >= 0.6 is 12.2 Å². The van der Waals surface area contributed by atoms with Gasteiger partial charge in [0.25, 0.3) is 0 Å². The molecule has 0 aliphatic rings. The van der Waals surface area contributed by atoms with Gasteiger partial charge in [-0.25, -0.2) is 0 Å². The number of thiocarbonyl (C=S) groups is 1. The molecule has 0 unspecified atom stereocenters. The second kappa shape index (κ2) is 7.42. The van der Waals surface area contributed by atoms with Crippen LogP contribution in [0.25, 0.3) is 0 Å². The summed E-state index contributed by atoms with van der Waals surface area (Å²) in [7, 11) is 0. The first kappa shape index (κ1) is 12.9. The molecule has 0 aliphatic carbocycles. The fourth-order valence-electron chi connectivity index (χ4n) is 0.622. The molecule has 0 nitrogen and oxygen atoms in total. The van der Waals surface area contributed by atoms with E-state index >= 15 is 0 Å². The van der Waals surface area contributed by atoms with E-state index in [1.54, 1.807) is 0 Å². The molecule has 0 atom stereocenters. The standard InChI is InChI=1S/C6H12S2.Na/c1-3-5(4-2)6(7)8;/h5H,3-4H2,1-2H3,(H,7,8);/q;+1/p-1. The van der Waals surface area contributed by atoms with Crippen LogP contribution in [0.3, 0.4) is 0 Å². The molecule has 0 N–H and O–H groups in total. The van der Waals surface area contributed by atoms with Crippen LogP contribution < -0.4 is 29.6 Å². The molecule has 0 aromatic heterocycles. The third-order valence-electron chi connectivity index (χ3n) is 1.32. The van der Waals surface area contributed by atoms with Gasteiger partial charge in [-0.1, -0.05) is 26.7 Å². The van der Waals surface area contributed by atoms with Gasteiger partial charge in [0.1, 0.15) is 0 Å². The minimum atomic E-state index is 0. The Bertz CT molecular complexity index is 79.1. The predicted molar refractivity (Wildman–Crippen MR) is 44.0 cm³/mol. The summed E-state index contributed by atoms with van der Waals surface area (Å²) in [6, 6.07) is 0. The van der Waals surface area contributed by atoms with Crippen LogP contribution in [0.4, 0.5) is 0 Å². The van der Waals surface area contributed by atoms with Crippen LogP contribution in [0.5, 0.6) is 0 Å². The molecule has 3 heteroatoms. The van der Waals surface area contributed by atoms with E-state index in [9.17, 15) is 0 Å². The fraction of sp³-hybridized carbons (Fsp3) is 0.833. The Hall–Kier alpha value is 1.31. The van der Waals surface area contributed by atoms with Gasteiger partial charge in [0.15, 0.2) is 0 Å². The molecule has 0 aromatic carbocycles. The second-order valence-corrected chi connectivity index (χ2v) is 2.97. The van der Waals surface area contributed by atoms with E-state index in [4.69, 9.17) is 24.8 Å². The first-order chi connectivity index (χ1) is 3.72. The molecule has 0 spiro atoms. The molecule has 0 rings (SSSR count). The van der Waals surface area contributed by atoms with Crippen molar-refractivity contribution in [2.24, 2.45) is 5.92 Å². The average Bonchev–Trinajstić information content (AvgIpc) is 1.69. The Morgan fingerprint density at radius 1 is 1.44 bits per heavy atom. The molecule has 9 heavy (non-hydrogen) atoms. The third-order valence-corrected chi connectivity index (χ3v) is 1.99. The smallest absolute Gasteiger partial charge is 0.433 e. The molecule has 0 amide bonds. The van der Waals surface area contributed by atoms with E-state index in [-0.39, 0.29) is 29.6 Å². The molecule has 0 aromatic rings. The third kappa shape index (κ3) is 5.74. The summed E-state index contributed by atoms with van der Waals surface area (Å²) in [5.41, 5.74) is 0. The molecule has 0 saturated carbocycles. The van der Waals surface area contributed by atoms with Crippen molar-refractivity contribution < 1.29 is 29.6 Å². The van der Waals surface area contributed by atoms with Gasteiger partial charge in [-0.05, 0) is 5.92 Å². The van der Waals surface area contributed by atoms with Crippen molar-refractivity contribution in [2.45, 2.75) is 26.7 Å². The van der Waals surface area contributed by atoms with E-state index < -0.39 is 0 Å². The van der Waals surface area contributed by atoms with Gasteiger partial charge >= 0.3 is 29.6 Å². The summed E-state index contributed by atoms with van der Waals surface area (Å²) in [5, 5.41) is 0. The fourth-order valence-corrected chi connectivity index (χ4v) is 1.29. The number of hydrogen-bond acceptors (Lipinski definition) is 2. The Morgan fingerprint density at radius 2 is 1.78 bits per heavy atom. The quantitative estimate of drug-likeness (QED) is 0.312. The average molecular weight is 170 g/mol. The van der Waals surface area contributed by atoms with Crippen molar-refractivity contribution in [3.05, 3.63) is 0 Å². The summed E-state index contributed by atoms with van der Waals surface area (Å²) in [6.07, 6.45) is 2.19. The van der Waals surface area contributed by atoms with Crippen molar-refractivity contribution in [3.63, 3.8) is 0 Å². The maximum atomic E-state index is 4.83. The van der Waals surface area contributed by atoms with E-state index in [2.05, 4.69) is 13.8 Å². The molecule has 0 saturated heterocycles. The van der Waals surface area contributed by atoms with Crippen molar-refractivity contribution in [1.29, 1.82) is 0 Å². The zero-order valence-electron chi connectivity index (χ0n) is 6.31. The Labute approximate surface area is 90.5 Å². The summed E-state index contributed by atoms with van der Waals surface area (Å²) < 4.78 is 0.745. The van der Waals surface area contributed by atoms with Gasteiger partial charge in [0.05, 0.1) is 0 Å². The first-order valence-corrected chi connectivity index (χ1v) is 3.74. The second-order valence-electron chi connectivity index (χ2n) is 1.83. The molecular weight excluding hydrogens is 159 g/mol. The summed E-state index contributed by atoms with van der Waals surface area (Å²) in [6.45, 7) is 4.24. The van der Waals surface area contributed by atoms with Crippen LogP contribution in [0.1, 0.15) is 26.7 Å². The van der Waals surface area contributed by atoms with Gasteiger partial charge in [-0.2, -0.15) is 0 Å². The molecular formula is C6H11NaS2. The van der Waals surface area contributed by atoms with Gasteiger partial charge in [-0.15, -0.1) is 4.20 Å². The van der Waals surface area contributed by atoms with Crippen molar-refractivity contribution >= 4 is 29.0 Å². The van der Waals surface area contributed by atoms with Crippen molar-refractivity contribution in [3.8, 4) is 0 Å². The number of rotatable bonds is 3. The zero-order chi connectivity index (χ0) is 6.57. The minimum absolute atomic E-state index is 0. The van der Waals surface area contributed by atoms with Crippen molar-refractivity contribution in [1.82, 2.24) is 0 Å². The van der Waals surface area contributed by atoms with Crippen LogP contribution in [-0.2, 0) is 12.6 Å². The molecule has 0 radical (unpaired) electrons. The van der Waals surface area contributed by atoms with Crippen LogP contribution in [0.2, 0.25) is 0 Å². The van der Waals surface area contributed by atoms with E-state index in [1.165, 1.54) is 0 Å². The van der Waals surface area contributed by atoms with E-state index in [1.807, 2.05) is 0 Å². The van der Waals surface area contributed by atoms with Gasteiger partial charge in [-0.3, -0.25) is 0 Å². The topological polar surface area (TPSA) is 0 Å². The Balaban J connectivity index is 0. The molecule has 0 fully saturated rings. The van der Waals surface area contributed by atoms with Crippen LogP contribution in [-0.4, -0.2) is 4.20 Å². The zero-order valence-corrected chi connectivity index (χ0v) is 9.94. The molecule has 0 bridgehead atoms. The SMILES string of the molecule is CCC(CC)C(=S)[S-].[Na+]. The van der Waals surface area contributed by atoms with E-state index in [0.717, 1.165) is 17.0 Å². The monoisotopic (exact) mass is 170 g/mol. The van der Waals surface area contributed by atoms with Crippen LogP contribution in [0, 0.1) is 5.92 Å². The van der Waals surface area contributed by atoms with Crippen LogP contribution in [0.15, 0.2) is 0 Å². The Kier molecular flexibility index (Phi) is 10.7. The first-order valence-electron chi connectivity index (χ1n) is 2.93. The van der Waals surface area contributed by atoms with Gasteiger partial charge in [0, 0.05) is 0 Å². The molecule has 48 valence electrons. The Morgan fingerprint density at radius 3 is 1.78 bits per heavy atom. The normalized spacial score (nSPS) is 8.78. The summed E-state index contributed by atoms with van der Waals surface area (Å²) in [4.78, 5) is 0. The maximum Gasteiger partial charge on any atom is 1.00 e. The molecule has 0 aliphatic heterocycles. The van der Waals surface area contributed by atoms with Gasteiger partial charge < -0.3 is 24.8 Å². The summed E-state index contributed by atoms with van der Waals surface area (Å²) in [5.74, 6) is 0.500. The predicted octanol–water partition coefficient (Wildman–Crippen LogP) is -0.699.